The largest absolute Gasteiger partial charge is 0.507 e. The zero-order valence-electron chi connectivity index (χ0n) is 21.4. The van der Waals surface area contributed by atoms with Crippen LogP contribution in [0.25, 0.3) is 33.0 Å². The first kappa shape index (κ1) is 22.2. The highest BCUT2D eigenvalue weighted by Crippen LogP contribution is 2.64. The summed E-state index contributed by atoms with van der Waals surface area (Å²) in [7, 11) is 1.69. The first-order valence-electron chi connectivity index (χ1n) is 12.7. The normalized spacial score (nSPS) is 18.9. The number of methoxy groups -OCH3 is 1. The number of phenols is 1. The van der Waals surface area contributed by atoms with Crippen molar-refractivity contribution < 1.29 is 9.84 Å². The van der Waals surface area contributed by atoms with Gasteiger partial charge in [-0.1, -0.05) is 76.2 Å². The number of hydrogen-bond acceptors (Lipinski definition) is 2. The zero-order valence-corrected chi connectivity index (χ0v) is 21.4. The van der Waals surface area contributed by atoms with Gasteiger partial charge in [0.1, 0.15) is 11.5 Å². The van der Waals surface area contributed by atoms with E-state index in [1.807, 2.05) is 12.1 Å². The molecule has 1 spiro atoms. The second-order valence-corrected chi connectivity index (χ2v) is 12.3. The fourth-order valence-electron chi connectivity index (χ4n) is 7.80. The molecule has 1 N–H and O–H groups in total. The number of fused-ring (bicyclic) bond motifs is 7. The molecule has 2 aliphatic carbocycles. The number of rotatable bonds is 2. The number of ether oxygens (including phenoxy) is 1. The van der Waals surface area contributed by atoms with E-state index in [9.17, 15) is 5.11 Å². The molecule has 35 heavy (non-hydrogen) atoms. The minimum Gasteiger partial charge on any atom is -0.507 e. The molecule has 0 atom stereocenters. The maximum absolute atomic E-state index is 11.3. The van der Waals surface area contributed by atoms with Crippen LogP contribution in [0.5, 0.6) is 11.5 Å². The molecule has 0 saturated heterocycles. The second kappa shape index (κ2) is 7.37. The molecule has 1 saturated carbocycles. The lowest BCUT2D eigenvalue weighted by Crippen LogP contribution is -2.43. The van der Waals surface area contributed by atoms with Crippen LogP contribution in [0.3, 0.4) is 0 Å². The van der Waals surface area contributed by atoms with Gasteiger partial charge < -0.3 is 9.84 Å². The molecule has 0 heterocycles. The van der Waals surface area contributed by atoms with Gasteiger partial charge in [0.15, 0.2) is 0 Å². The monoisotopic (exact) mass is 462 g/mol. The summed E-state index contributed by atoms with van der Waals surface area (Å²) < 4.78 is 5.35. The van der Waals surface area contributed by atoms with Crippen LogP contribution in [0.1, 0.15) is 58.1 Å². The number of phenolic OH excluding ortho intramolecular Hbond substituents is 1. The first-order valence-corrected chi connectivity index (χ1v) is 12.7. The van der Waals surface area contributed by atoms with Crippen molar-refractivity contribution in [3.8, 4) is 33.8 Å². The molecule has 2 nitrogen and oxygen atoms in total. The predicted octanol–water partition coefficient (Wildman–Crippen LogP) is 8.72. The molecule has 0 aliphatic heterocycles. The molecule has 2 aliphatic rings. The lowest BCUT2D eigenvalue weighted by Gasteiger charge is -2.51. The smallest absolute Gasteiger partial charge is 0.123 e. The Balaban J connectivity index is 1.65. The van der Waals surface area contributed by atoms with E-state index in [0.717, 1.165) is 40.5 Å². The molecule has 4 aromatic carbocycles. The molecule has 0 aromatic heterocycles. The molecule has 178 valence electrons. The van der Waals surface area contributed by atoms with Gasteiger partial charge in [-0.2, -0.15) is 0 Å². The van der Waals surface area contributed by atoms with Gasteiger partial charge in [-0.3, -0.25) is 0 Å². The Morgan fingerprint density at radius 2 is 1.34 bits per heavy atom. The fourth-order valence-corrected chi connectivity index (χ4v) is 7.80. The van der Waals surface area contributed by atoms with Crippen LogP contribution >= 0.6 is 0 Å². The molecule has 1 fully saturated rings. The van der Waals surface area contributed by atoms with Crippen molar-refractivity contribution in [2.75, 3.05) is 7.11 Å². The van der Waals surface area contributed by atoms with E-state index in [0.29, 0.717) is 5.75 Å². The van der Waals surface area contributed by atoms with Crippen molar-refractivity contribution in [1.29, 1.82) is 0 Å². The van der Waals surface area contributed by atoms with Crippen LogP contribution < -0.4 is 4.74 Å². The van der Waals surface area contributed by atoms with Crippen LogP contribution in [0.4, 0.5) is 0 Å². The molecule has 6 rings (SSSR count). The molecule has 0 unspecified atom stereocenters. The SMILES string of the molecule is COc1ccc(-c2ccc3c(O)cc4c(c3c2)-c2ccccc2C42CC(C)(C)CC(C)(C)C2)cc1. The van der Waals surface area contributed by atoms with E-state index in [4.69, 9.17) is 4.74 Å². The van der Waals surface area contributed by atoms with Crippen LogP contribution in [-0.2, 0) is 5.41 Å². The van der Waals surface area contributed by atoms with Crippen molar-refractivity contribution >= 4 is 10.8 Å². The third-order valence-corrected chi connectivity index (χ3v) is 8.28. The average Bonchev–Trinajstić information content (AvgIpc) is 3.05. The Morgan fingerprint density at radius 3 is 2.03 bits per heavy atom. The Morgan fingerprint density at radius 1 is 0.686 bits per heavy atom. The van der Waals surface area contributed by atoms with Crippen molar-refractivity contribution in [3.05, 3.63) is 83.9 Å². The van der Waals surface area contributed by atoms with Gasteiger partial charge in [-0.25, -0.2) is 0 Å². The summed E-state index contributed by atoms with van der Waals surface area (Å²) >= 11 is 0. The van der Waals surface area contributed by atoms with E-state index in [2.05, 4.69) is 88.4 Å². The Bertz CT molecular complexity index is 1440. The predicted molar refractivity (Wildman–Crippen MR) is 145 cm³/mol. The van der Waals surface area contributed by atoms with Crippen LogP contribution in [0.15, 0.2) is 72.8 Å². The van der Waals surface area contributed by atoms with Crippen LogP contribution in [0, 0.1) is 10.8 Å². The second-order valence-electron chi connectivity index (χ2n) is 12.3. The number of hydrogen-bond donors (Lipinski definition) is 1. The Kier molecular flexibility index (Phi) is 4.68. The highest BCUT2D eigenvalue weighted by atomic mass is 16.5. The van der Waals surface area contributed by atoms with Crippen molar-refractivity contribution in [3.63, 3.8) is 0 Å². The van der Waals surface area contributed by atoms with Crippen molar-refractivity contribution in [1.82, 2.24) is 0 Å². The molecule has 2 heteroatoms. The maximum atomic E-state index is 11.3. The number of aromatic hydroxyl groups is 1. The zero-order chi connectivity index (χ0) is 24.6. The maximum Gasteiger partial charge on any atom is 0.123 e. The van der Waals surface area contributed by atoms with Gasteiger partial charge in [0.2, 0.25) is 0 Å². The van der Waals surface area contributed by atoms with Gasteiger partial charge >= 0.3 is 0 Å². The molecular formula is C33H34O2. The average molecular weight is 463 g/mol. The molecule has 4 aromatic rings. The van der Waals surface area contributed by atoms with Gasteiger partial charge in [0.25, 0.3) is 0 Å². The third kappa shape index (κ3) is 3.37. The third-order valence-electron chi connectivity index (χ3n) is 8.28. The first-order chi connectivity index (χ1) is 16.6. The fraction of sp³-hybridized carbons (Fsp3) is 0.333. The van der Waals surface area contributed by atoms with Gasteiger partial charge in [-0.15, -0.1) is 0 Å². The summed E-state index contributed by atoms with van der Waals surface area (Å²) in [5.74, 6) is 1.24. The van der Waals surface area contributed by atoms with E-state index < -0.39 is 0 Å². The highest BCUT2D eigenvalue weighted by molar-refractivity contribution is 6.06. The Labute approximate surface area is 208 Å². The summed E-state index contributed by atoms with van der Waals surface area (Å²) in [6.45, 7) is 9.66. The standard InChI is InChI=1S/C33H34O2/c1-31(2)18-32(3,4)20-33(19-31)27-9-7-6-8-25(27)30-26-16-22(21-10-13-23(35-5)14-11-21)12-15-24(26)29(34)17-28(30)33/h6-17,34H,18-20H2,1-5H3. The molecule has 0 bridgehead atoms. The van der Waals surface area contributed by atoms with Gasteiger partial charge in [0, 0.05) is 10.8 Å². The summed E-state index contributed by atoms with van der Waals surface area (Å²) in [5.41, 5.74) is 8.00. The molecule has 0 radical (unpaired) electrons. The van der Waals surface area contributed by atoms with E-state index >= 15 is 0 Å². The van der Waals surface area contributed by atoms with Gasteiger partial charge in [0.05, 0.1) is 7.11 Å². The summed E-state index contributed by atoms with van der Waals surface area (Å²) in [6.07, 6.45) is 3.40. The summed E-state index contributed by atoms with van der Waals surface area (Å²) in [6, 6.07) is 25.7. The van der Waals surface area contributed by atoms with Crippen LogP contribution in [-0.4, -0.2) is 12.2 Å². The van der Waals surface area contributed by atoms with Gasteiger partial charge in [-0.05, 0) is 93.1 Å². The Hall–Kier alpha value is -3.26. The van der Waals surface area contributed by atoms with Crippen molar-refractivity contribution in [2.24, 2.45) is 10.8 Å². The minimum absolute atomic E-state index is 0.0844. The number of benzene rings is 4. The molecular weight excluding hydrogens is 428 g/mol. The summed E-state index contributed by atoms with van der Waals surface area (Å²) in [5, 5.41) is 13.4. The minimum atomic E-state index is -0.0844. The topological polar surface area (TPSA) is 29.5 Å². The molecule has 0 amide bonds. The van der Waals surface area contributed by atoms with E-state index in [-0.39, 0.29) is 16.2 Å². The summed E-state index contributed by atoms with van der Waals surface area (Å²) in [4.78, 5) is 0. The quantitative estimate of drug-likeness (QED) is 0.323. The van der Waals surface area contributed by atoms with E-state index in [1.165, 1.54) is 28.7 Å². The highest BCUT2D eigenvalue weighted by Gasteiger charge is 2.53. The van der Waals surface area contributed by atoms with Crippen molar-refractivity contribution in [2.45, 2.75) is 52.4 Å². The lowest BCUT2D eigenvalue weighted by molar-refractivity contribution is 0.0645. The van der Waals surface area contributed by atoms with Crippen LogP contribution in [0.2, 0.25) is 0 Å². The lowest BCUT2D eigenvalue weighted by atomic mass is 9.52. The van der Waals surface area contributed by atoms with E-state index in [1.54, 1.807) is 7.11 Å².